The standard InChI is InChI=1S/C22H22FN3O3/c1-3-26(4-2)13-21(28)24-16-8-5-14(6-9-16)20(27)12-18-17-11-15(23)7-10-19(17)25-22(18)29/h5-12H,3-4,13H2,1-2H3,(H,24,28)(H,25,29)/b18-12-. The Morgan fingerprint density at radius 3 is 2.45 bits per heavy atom. The van der Waals surface area contributed by atoms with Gasteiger partial charge >= 0.3 is 0 Å². The van der Waals surface area contributed by atoms with Crippen molar-refractivity contribution in [1.29, 1.82) is 0 Å². The molecule has 0 atom stereocenters. The number of carbonyl (C=O) groups is 3. The van der Waals surface area contributed by atoms with Crippen molar-refractivity contribution in [3.8, 4) is 0 Å². The van der Waals surface area contributed by atoms with Crippen molar-refractivity contribution in [2.24, 2.45) is 0 Å². The number of nitrogens with one attached hydrogen (secondary N) is 2. The lowest BCUT2D eigenvalue weighted by molar-refractivity contribution is -0.117. The van der Waals surface area contributed by atoms with E-state index in [9.17, 15) is 18.8 Å². The zero-order valence-corrected chi connectivity index (χ0v) is 16.3. The topological polar surface area (TPSA) is 78.5 Å². The number of fused-ring (bicyclic) bond motifs is 1. The first kappa shape index (κ1) is 20.4. The molecule has 3 rings (SSSR count). The van der Waals surface area contributed by atoms with Gasteiger partial charge < -0.3 is 10.6 Å². The summed E-state index contributed by atoms with van der Waals surface area (Å²) in [6.07, 6.45) is 1.20. The summed E-state index contributed by atoms with van der Waals surface area (Å²) >= 11 is 0. The molecule has 2 aromatic rings. The van der Waals surface area contributed by atoms with E-state index in [4.69, 9.17) is 0 Å². The average Bonchev–Trinajstić information content (AvgIpc) is 3.01. The number of halogens is 1. The Morgan fingerprint density at radius 2 is 1.79 bits per heavy atom. The molecule has 29 heavy (non-hydrogen) atoms. The number of benzene rings is 2. The molecular formula is C22H22FN3O3. The summed E-state index contributed by atoms with van der Waals surface area (Å²) < 4.78 is 13.5. The number of nitrogens with zero attached hydrogens (tertiary/aromatic N) is 1. The first-order chi connectivity index (χ1) is 13.9. The number of hydrogen-bond acceptors (Lipinski definition) is 4. The Balaban J connectivity index is 1.72. The highest BCUT2D eigenvalue weighted by molar-refractivity contribution is 6.35. The van der Waals surface area contributed by atoms with E-state index in [1.54, 1.807) is 24.3 Å². The Kier molecular flexibility index (Phi) is 6.19. The summed E-state index contributed by atoms with van der Waals surface area (Å²) in [4.78, 5) is 38.7. The Hall–Kier alpha value is -3.32. The number of rotatable bonds is 7. The zero-order chi connectivity index (χ0) is 21.0. The quantitative estimate of drug-likeness (QED) is 0.557. The van der Waals surface area contributed by atoms with Crippen molar-refractivity contribution in [3.05, 3.63) is 65.5 Å². The SMILES string of the molecule is CCN(CC)CC(=O)Nc1ccc(C(=O)/C=C2\C(=O)Nc3ccc(F)cc32)cc1. The van der Waals surface area contributed by atoms with Crippen LogP contribution >= 0.6 is 0 Å². The molecule has 1 aliphatic rings. The van der Waals surface area contributed by atoms with Crippen molar-refractivity contribution in [2.75, 3.05) is 30.3 Å². The highest BCUT2D eigenvalue weighted by Crippen LogP contribution is 2.32. The third kappa shape index (κ3) is 4.75. The maximum absolute atomic E-state index is 13.5. The van der Waals surface area contributed by atoms with Crippen LogP contribution in [0.1, 0.15) is 29.8 Å². The van der Waals surface area contributed by atoms with Crippen molar-refractivity contribution >= 4 is 34.5 Å². The van der Waals surface area contributed by atoms with Crippen LogP contribution in [0.3, 0.4) is 0 Å². The Labute approximate surface area is 168 Å². The van der Waals surface area contributed by atoms with Crippen LogP contribution < -0.4 is 10.6 Å². The highest BCUT2D eigenvalue weighted by atomic mass is 19.1. The molecule has 0 fully saturated rings. The van der Waals surface area contributed by atoms with E-state index in [2.05, 4.69) is 10.6 Å². The second kappa shape index (κ2) is 8.79. The van der Waals surface area contributed by atoms with Gasteiger partial charge in [0.25, 0.3) is 5.91 Å². The molecule has 7 heteroatoms. The number of carbonyl (C=O) groups excluding carboxylic acids is 3. The molecule has 0 aliphatic carbocycles. The molecule has 1 heterocycles. The van der Waals surface area contributed by atoms with Gasteiger partial charge in [-0.3, -0.25) is 19.3 Å². The van der Waals surface area contributed by atoms with Gasteiger partial charge in [-0.05, 0) is 61.6 Å². The fourth-order valence-corrected chi connectivity index (χ4v) is 3.09. The van der Waals surface area contributed by atoms with Crippen LogP contribution in [0.5, 0.6) is 0 Å². The molecule has 0 aromatic heterocycles. The Bertz CT molecular complexity index is 979. The molecule has 0 saturated carbocycles. The minimum Gasteiger partial charge on any atom is -0.325 e. The highest BCUT2D eigenvalue weighted by Gasteiger charge is 2.25. The van der Waals surface area contributed by atoms with Crippen LogP contribution in [0.15, 0.2) is 48.5 Å². The number of hydrogen-bond donors (Lipinski definition) is 2. The third-order valence-corrected chi connectivity index (χ3v) is 4.75. The van der Waals surface area contributed by atoms with Crippen LogP contribution in [0.4, 0.5) is 15.8 Å². The minimum atomic E-state index is -0.483. The minimum absolute atomic E-state index is 0.126. The maximum atomic E-state index is 13.5. The second-order valence-corrected chi connectivity index (χ2v) is 6.65. The van der Waals surface area contributed by atoms with E-state index in [-0.39, 0.29) is 17.3 Å². The fraction of sp³-hybridized carbons (Fsp3) is 0.227. The number of likely N-dealkylation sites (N-methyl/N-ethyl adjacent to an activating group) is 1. The van der Waals surface area contributed by atoms with Crippen molar-refractivity contribution in [3.63, 3.8) is 0 Å². The first-order valence-corrected chi connectivity index (χ1v) is 9.40. The molecular weight excluding hydrogens is 373 g/mol. The molecule has 0 bridgehead atoms. The summed E-state index contributed by atoms with van der Waals surface area (Å²) in [7, 11) is 0. The van der Waals surface area contributed by atoms with E-state index in [0.29, 0.717) is 29.0 Å². The Morgan fingerprint density at radius 1 is 1.10 bits per heavy atom. The fourth-order valence-electron chi connectivity index (χ4n) is 3.09. The van der Waals surface area contributed by atoms with Gasteiger partial charge in [0.1, 0.15) is 5.82 Å². The summed E-state index contributed by atoms with van der Waals surface area (Å²) in [5.74, 6) is -1.44. The molecule has 2 aromatic carbocycles. The van der Waals surface area contributed by atoms with E-state index >= 15 is 0 Å². The van der Waals surface area contributed by atoms with Gasteiger partial charge in [-0.1, -0.05) is 13.8 Å². The van der Waals surface area contributed by atoms with Crippen molar-refractivity contribution < 1.29 is 18.8 Å². The van der Waals surface area contributed by atoms with Gasteiger partial charge in [-0.15, -0.1) is 0 Å². The number of ketones is 1. The van der Waals surface area contributed by atoms with Gasteiger partial charge in [0.15, 0.2) is 5.78 Å². The van der Waals surface area contributed by atoms with E-state index < -0.39 is 11.7 Å². The molecule has 2 N–H and O–H groups in total. The molecule has 0 saturated heterocycles. The van der Waals surface area contributed by atoms with Crippen LogP contribution in [0, 0.1) is 5.82 Å². The van der Waals surface area contributed by atoms with Crippen LogP contribution in [-0.4, -0.2) is 42.1 Å². The van der Waals surface area contributed by atoms with Crippen LogP contribution in [0.2, 0.25) is 0 Å². The van der Waals surface area contributed by atoms with Gasteiger partial charge in [-0.25, -0.2) is 4.39 Å². The molecule has 0 spiro atoms. The summed E-state index contributed by atoms with van der Waals surface area (Å²) in [5, 5.41) is 5.40. The first-order valence-electron chi connectivity index (χ1n) is 9.40. The van der Waals surface area contributed by atoms with Crippen molar-refractivity contribution in [1.82, 2.24) is 4.90 Å². The molecule has 0 unspecified atom stereocenters. The molecule has 150 valence electrons. The smallest absolute Gasteiger partial charge is 0.256 e. The number of allylic oxidation sites excluding steroid dienone is 1. The predicted octanol–water partition coefficient (Wildman–Crippen LogP) is 3.32. The van der Waals surface area contributed by atoms with Gasteiger partial charge in [-0.2, -0.15) is 0 Å². The maximum Gasteiger partial charge on any atom is 0.256 e. The lowest BCUT2D eigenvalue weighted by Crippen LogP contribution is -2.32. The van der Waals surface area contributed by atoms with Gasteiger partial charge in [0.05, 0.1) is 12.1 Å². The zero-order valence-electron chi connectivity index (χ0n) is 16.3. The van der Waals surface area contributed by atoms with Gasteiger partial charge in [0, 0.05) is 22.5 Å². The molecule has 0 radical (unpaired) electrons. The summed E-state index contributed by atoms with van der Waals surface area (Å²) in [5.41, 5.74) is 1.90. The largest absolute Gasteiger partial charge is 0.325 e. The van der Waals surface area contributed by atoms with Gasteiger partial charge in [0.2, 0.25) is 5.91 Å². The third-order valence-electron chi connectivity index (χ3n) is 4.75. The second-order valence-electron chi connectivity index (χ2n) is 6.65. The molecule has 1 aliphatic heterocycles. The summed E-state index contributed by atoms with van der Waals surface area (Å²) in [6, 6.07) is 10.3. The molecule has 2 amide bonds. The van der Waals surface area contributed by atoms with Crippen LogP contribution in [-0.2, 0) is 9.59 Å². The lowest BCUT2D eigenvalue weighted by Gasteiger charge is -2.17. The molecule has 6 nitrogen and oxygen atoms in total. The lowest BCUT2D eigenvalue weighted by atomic mass is 10.0. The summed E-state index contributed by atoms with van der Waals surface area (Å²) in [6.45, 7) is 5.84. The normalized spacial score (nSPS) is 14.1. The predicted molar refractivity (Wildman–Crippen MR) is 110 cm³/mol. The number of amides is 2. The van der Waals surface area contributed by atoms with E-state index in [1.165, 1.54) is 24.3 Å². The number of anilines is 2. The van der Waals surface area contributed by atoms with E-state index in [1.807, 2.05) is 18.7 Å². The van der Waals surface area contributed by atoms with E-state index in [0.717, 1.165) is 13.1 Å². The van der Waals surface area contributed by atoms with Crippen LogP contribution in [0.25, 0.3) is 5.57 Å². The monoisotopic (exact) mass is 395 g/mol. The average molecular weight is 395 g/mol. The van der Waals surface area contributed by atoms with Crippen molar-refractivity contribution in [2.45, 2.75) is 13.8 Å².